The lowest BCUT2D eigenvalue weighted by atomic mass is 10.1. The van der Waals surface area contributed by atoms with Crippen LogP contribution in [0.25, 0.3) is 0 Å². The summed E-state index contributed by atoms with van der Waals surface area (Å²) in [6, 6.07) is 9.03. The van der Waals surface area contributed by atoms with Crippen molar-refractivity contribution in [3.63, 3.8) is 0 Å². The Morgan fingerprint density at radius 1 is 1.33 bits per heavy atom. The summed E-state index contributed by atoms with van der Waals surface area (Å²) in [7, 11) is 0. The van der Waals surface area contributed by atoms with Crippen LogP contribution in [0.15, 0.2) is 36.4 Å². The van der Waals surface area contributed by atoms with Gasteiger partial charge < -0.3 is 5.32 Å². The van der Waals surface area contributed by atoms with Crippen LogP contribution >= 0.6 is 11.6 Å². The van der Waals surface area contributed by atoms with E-state index in [1.165, 1.54) is 5.56 Å². The van der Waals surface area contributed by atoms with E-state index in [1.54, 1.807) is 0 Å². The fraction of sp³-hybridized carbons (Fsp3) is 0.385. The minimum Gasteiger partial charge on any atom is -0.307 e. The minimum atomic E-state index is 0.369. The SMILES string of the molecule is CC(NC1CC=CC1)c1cccc(Cl)c1. The van der Waals surface area contributed by atoms with Gasteiger partial charge in [0.25, 0.3) is 0 Å². The van der Waals surface area contributed by atoms with Gasteiger partial charge in [-0.05, 0) is 37.5 Å². The van der Waals surface area contributed by atoms with Crippen molar-refractivity contribution in [1.82, 2.24) is 5.32 Å². The lowest BCUT2D eigenvalue weighted by molar-refractivity contribution is 0.471. The molecule has 2 rings (SSSR count). The van der Waals surface area contributed by atoms with Crippen LogP contribution < -0.4 is 5.32 Å². The fourth-order valence-corrected chi connectivity index (χ4v) is 2.18. The first-order valence-electron chi connectivity index (χ1n) is 5.42. The Bertz CT molecular complexity index is 351. The Morgan fingerprint density at radius 3 is 2.73 bits per heavy atom. The highest BCUT2D eigenvalue weighted by Gasteiger charge is 2.13. The summed E-state index contributed by atoms with van der Waals surface area (Å²) in [6.07, 6.45) is 6.76. The van der Waals surface area contributed by atoms with Crippen molar-refractivity contribution in [2.24, 2.45) is 0 Å². The first kappa shape index (κ1) is 10.7. The molecule has 15 heavy (non-hydrogen) atoms. The molecule has 0 aromatic heterocycles. The normalized spacial score (nSPS) is 18.3. The summed E-state index contributed by atoms with van der Waals surface area (Å²) in [5.41, 5.74) is 1.26. The second-order valence-electron chi connectivity index (χ2n) is 4.08. The highest BCUT2D eigenvalue weighted by Crippen LogP contribution is 2.20. The maximum Gasteiger partial charge on any atom is 0.0409 e. The van der Waals surface area contributed by atoms with Gasteiger partial charge in [0.1, 0.15) is 0 Å². The van der Waals surface area contributed by atoms with Crippen molar-refractivity contribution in [2.75, 3.05) is 0 Å². The van der Waals surface area contributed by atoms with Crippen molar-refractivity contribution >= 4 is 11.6 Å². The topological polar surface area (TPSA) is 12.0 Å². The predicted octanol–water partition coefficient (Wildman–Crippen LogP) is 3.71. The van der Waals surface area contributed by atoms with E-state index < -0.39 is 0 Å². The van der Waals surface area contributed by atoms with Gasteiger partial charge in [-0.1, -0.05) is 35.9 Å². The molecule has 1 aliphatic rings. The molecule has 0 radical (unpaired) electrons. The second kappa shape index (κ2) is 4.82. The van der Waals surface area contributed by atoms with Gasteiger partial charge in [0.05, 0.1) is 0 Å². The monoisotopic (exact) mass is 221 g/mol. The van der Waals surface area contributed by atoms with Gasteiger partial charge in [-0.2, -0.15) is 0 Å². The van der Waals surface area contributed by atoms with E-state index in [0.29, 0.717) is 12.1 Å². The van der Waals surface area contributed by atoms with Gasteiger partial charge >= 0.3 is 0 Å². The first-order chi connectivity index (χ1) is 7.25. The van der Waals surface area contributed by atoms with Crippen molar-refractivity contribution in [2.45, 2.75) is 31.8 Å². The minimum absolute atomic E-state index is 0.369. The van der Waals surface area contributed by atoms with Gasteiger partial charge in [0.15, 0.2) is 0 Å². The molecule has 1 unspecified atom stereocenters. The van der Waals surface area contributed by atoms with Crippen molar-refractivity contribution < 1.29 is 0 Å². The molecule has 0 saturated heterocycles. The molecule has 0 fully saturated rings. The average molecular weight is 222 g/mol. The summed E-state index contributed by atoms with van der Waals surface area (Å²) < 4.78 is 0. The lowest BCUT2D eigenvalue weighted by Crippen LogP contribution is -2.29. The number of benzene rings is 1. The Morgan fingerprint density at radius 2 is 2.07 bits per heavy atom. The predicted molar refractivity (Wildman–Crippen MR) is 65.2 cm³/mol. The number of nitrogens with one attached hydrogen (secondary N) is 1. The average Bonchev–Trinajstić information content (AvgIpc) is 2.70. The quantitative estimate of drug-likeness (QED) is 0.768. The van der Waals surface area contributed by atoms with E-state index in [0.717, 1.165) is 17.9 Å². The summed E-state index contributed by atoms with van der Waals surface area (Å²) >= 11 is 5.97. The third kappa shape index (κ3) is 2.83. The van der Waals surface area contributed by atoms with E-state index in [9.17, 15) is 0 Å². The summed E-state index contributed by atoms with van der Waals surface area (Å²) in [6.45, 7) is 2.18. The maximum atomic E-state index is 5.97. The van der Waals surface area contributed by atoms with E-state index in [4.69, 9.17) is 11.6 Å². The van der Waals surface area contributed by atoms with Crippen LogP contribution in [-0.2, 0) is 0 Å². The molecule has 0 bridgehead atoms. The van der Waals surface area contributed by atoms with Crippen molar-refractivity contribution in [3.8, 4) is 0 Å². The Hall–Kier alpha value is -0.790. The Kier molecular flexibility index (Phi) is 3.45. The molecular weight excluding hydrogens is 206 g/mol. The fourth-order valence-electron chi connectivity index (χ4n) is 1.98. The van der Waals surface area contributed by atoms with Crippen LogP contribution in [0.4, 0.5) is 0 Å². The Labute approximate surface area is 96.1 Å². The molecule has 80 valence electrons. The van der Waals surface area contributed by atoms with Crippen LogP contribution in [0.2, 0.25) is 5.02 Å². The maximum absolute atomic E-state index is 5.97. The van der Waals surface area contributed by atoms with Gasteiger partial charge in [0, 0.05) is 17.1 Å². The molecule has 1 nitrogen and oxygen atoms in total. The van der Waals surface area contributed by atoms with Crippen LogP contribution in [0.3, 0.4) is 0 Å². The Balaban J connectivity index is 1.98. The third-order valence-corrected chi connectivity index (χ3v) is 3.08. The van der Waals surface area contributed by atoms with E-state index in [-0.39, 0.29) is 0 Å². The zero-order chi connectivity index (χ0) is 10.7. The highest BCUT2D eigenvalue weighted by atomic mass is 35.5. The molecule has 0 amide bonds. The van der Waals surface area contributed by atoms with Gasteiger partial charge in [-0.15, -0.1) is 0 Å². The van der Waals surface area contributed by atoms with Crippen LogP contribution in [0.5, 0.6) is 0 Å². The molecule has 0 saturated carbocycles. The largest absolute Gasteiger partial charge is 0.307 e. The zero-order valence-corrected chi connectivity index (χ0v) is 9.67. The molecule has 1 aromatic carbocycles. The third-order valence-electron chi connectivity index (χ3n) is 2.84. The van der Waals surface area contributed by atoms with Crippen molar-refractivity contribution in [1.29, 1.82) is 0 Å². The molecule has 2 heteroatoms. The standard InChI is InChI=1S/C13H16ClN/c1-10(15-13-7-2-3-8-13)11-5-4-6-12(14)9-11/h2-6,9-10,13,15H,7-8H2,1H3. The van der Waals surface area contributed by atoms with Crippen LogP contribution in [-0.4, -0.2) is 6.04 Å². The van der Waals surface area contributed by atoms with Crippen molar-refractivity contribution in [3.05, 3.63) is 47.0 Å². The molecule has 1 aliphatic carbocycles. The number of rotatable bonds is 3. The van der Waals surface area contributed by atoms with Gasteiger partial charge in [-0.25, -0.2) is 0 Å². The second-order valence-corrected chi connectivity index (χ2v) is 4.52. The molecule has 0 spiro atoms. The summed E-state index contributed by atoms with van der Waals surface area (Å²) in [5, 5.41) is 4.41. The van der Waals surface area contributed by atoms with Crippen LogP contribution in [0.1, 0.15) is 31.4 Å². The summed E-state index contributed by atoms with van der Waals surface area (Å²) in [4.78, 5) is 0. The molecule has 0 aliphatic heterocycles. The molecule has 1 N–H and O–H groups in total. The van der Waals surface area contributed by atoms with Gasteiger partial charge in [-0.3, -0.25) is 0 Å². The molecule has 0 heterocycles. The molecule has 1 aromatic rings. The summed E-state index contributed by atoms with van der Waals surface area (Å²) in [5.74, 6) is 0. The number of hydrogen-bond donors (Lipinski definition) is 1. The zero-order valence-electron chi connectivity index (χ0n) is 8.91. The smallest absolute Gasteiger partial charge is 0.0409 e. The number of halogens is 1. The van der Waals surface area contributed by atoms with E-state index in [2.05, 4.69) is 30.5 Å². The lowest BCUT2D eigenvalue weighted by Gasteiger charge is -2.19. The van der Waals surface area contributed by atoms with E-state index >= 15 is 0 Å². The van der Waals surface area contributed by atoms with Crippen LogP contribution in [0, 0.1) is 0 Å². The van der Waals surface area contributed by atoms with E-state index in [1.807, 2.05) is 18.2 Å². The number of hydrogen-bond acceptors (Lipinski definition) is 1. The first-order valence-corrected chi connectivity index (χ1v) is 5.80. The van der Waals surface area contributed by atoms with Gasteiger partial charge in [0.2, 0.25) is 0 Å². The molecule has 1 atom stereocenters. The highest BCUT2D eigenvalue weighted by molar-refractivity contribution is 6.30. The molecular formula is C13H16ClN.